The molecule has 0 saturated heterocycles. The first-order valence-corrected chi connectivity index (χ1v) is 5.89. The molecule has 0 aliphatic carbocycles. The van der Waals surface area contributed by atoms with Crippen LogP contribution in [0.1, 0.15) is 6.92 Å². The number of halogens is 2. The van der Waals surface area contributed by atoms with Crippen molar-refractivity contribution in [3.05, 3.63) is 28.2 Å². The Morgan fingerprint density at radius 1 is 1.39 bits per heavy atom. The van der Waals surface area contributed by atoms with Gasteiger partial charge in [-0.05, 0) is 12.1 Å². The fraction of sp³-hybridized carbons (Fsp3) is 0.273. The Hall–Kier alpha value is -1.46. The third-order valence-electron chi connectivity index (χ3n) is 2.19. The summed E-state index contributed by atoms with van der Waals surface area (Å²) in [5, 5.41) is 14.1. The van der Waals surface area contributed by atoms with Crippen LogP contribution in [0.15, 0.2) is 18.2 Å². The summed E-state index contributed by atoms with van der Waals surface area (Å²) >= 11 is 11.7. The molecule has 0 radical (unpaired) electrons. The van der Waals surface area contributed by atoms with E-state index in [4.69, 9.17) is 28.3 Å². The first-order valence-electron chi connectivity index (χ1n) is 5.13. The Bertz CT molecular complexity index is 466. The van der Waals surface area contributed by atoms with Gasteiger partial charge in [0.1, 0.15) is 0 Å². The van der Waals surface area contributed by atoms with Crippen LogP contribution in [0.25, 0.3) is 0 Å². The molecule has 0 aliphatic heterocycles. The zero-order valence-corrected chi connectivity index (χ0v) is 11.0. The van der Waals surface area contributed by atoms with Crippen LogP contribution >= 0.6 is 23.2 Å². The molecule has 2 amide bonds. The Labute approximate surface area is 114 Å². The molecule has 1 aromatic rings. The molecular formula is C11H12Cl2N2O3. The van der Waals surface area contributed by atoms with Gasteiger partial charge in [-0.3, -0.25) is 4.79 Å². The van der Waals surface area contributed by atoms with Crippen molar-refractivity contribution >= 4 is 40.9 Å². The first-order chi connectivity index (χ1) is 8.41. The average molecular weight is 291 g/mol. The van der Waals surface area contributed by atoms with Gasteiger partial charge >= 0.3 is 12.0 Å². The molecule has 0 heterocycles. The summed E-state index contributed by atoms with van der Waals surface area (Å²) in [6.45, 7) is 1.52. The third kappa shape index (κ3) is 4.09. The highest BCUT2D eigenvalue weighted by atomic mass is 35.5. The van der Waals surface area contributed by atoms with E-state index in [1.165, 1.54) is 6.92 Å². The van der Waals surface area contributed by atoms with E-state index in [0.717, 1.165) is 0 Å². The van der Waals surface area contributed by atoms with Gasteiger partial charge in [0.15, 0.2) is 0 Å². The van der Waals surface area contributed by atoms with Gasteiger partial charge in [-0.1, -0.05) is 36.2 Å². The van der Waals surface area contributed by atoms with Crippen molar-refractivity contribution in [2.75, 3.05) is 11.9 Å². The number of nitrogens with one attached hydrogen (secondary N) is 2. The van der Waals surface area contributed by atoms with Crippen LogP contribution in [0.3, 0.4) is 0 Å². The van der Waals surface area contributed by atoms with Crippen molar-refractivity contribution in [3.63, 3.8) is 0 Å². The molecule has 0 fully saturated rings. The van der Waals surface area contributed by atoms with E-state index in [9.17, 15) is 9.59 Å². The topological polar surface area (TPSA) is 78.4 Å². The molecule has 98 valence electrons. The Morgan fingerprint density at radius 2 is 2.06 bits per heavy atom. The van der Waals surface area contributed by atoms with E-state index in [0.29, 0.717) is 10.7 Å². The second kappa shape index (κ2) is 6.47. The molecule has 7 heteroatoms. The molecule has 1 rings (SSSR count). The maximum Gasteiger partial charge on any atom is 0.319 e. The molecule has 3 N–H and O–H groups in total. The Kier molecular flexibility index (Phi) is 5.25. The zero-order chi connectivity index (χ0) is 13.7. The zero-order valence-electron chi connectivity index (χ0n) is 9.54. The largest absolute Gasteiger partial charge is 0.481 e. The standard InChI is InChI=1S/C11H12Cl2N2O3/c1-6(10(16)17)5-14-11(18)15-8-4-2-3-7(12)9(8)13/h2-4,6H,5H2,1H3,(H,16,17)(H2,14,15,18). The number of carboxylic acid groups (broad SMARTS) is 1. The molecule has 0 aliphatic rings. The van der Waals surface area contributed by atoms with Gasteiger partial charge in [0.2, 0.25) is 0 Å². The second-order valence-electron chi connectivity index (χ2n) is 3.68. The maximum absolute atomic E-state index is 11.5. The predicted octanol–water partition coefficient (Wildman–Crippen LogP) is 2.84. The van der Waals surface area contributed by atoms with Gasteiger partial charge in [-0.2, -0.15) is 0 Å². The number of carboxylic acids is 1. The van der Waals surface area contributed by atoms with E-state index >= 15 is 0 Å². The van der Waals surface area contributed by atoms with Crippen LogP contribution in [0.2, 0.25) is 10.0 Å². The molecule has 18 heavy (non-hydrogen) atoms. The molecule has 0 spiro atoms. The number of hydrogen-bond donors (Lipinski definition) is 3. The summed E-state index contributed by atoms with van der Waals surface area (Å²) in [6, 6.07) is 4.30. The van der Waals surface area contributed by atoms with Gasteiger partial charge in [0.05, 0.1) is 21.7 Å². The number of anilines is 1. The van der Waals surface area contributed by atoms with E-state index in [1.54, 1.807) is 18.2 Å². The minimum absolute atomic E-state index is 0.0271. The second-order valence-corrected chi connectivity index (χ2v) is 4.46. The lowest BCUT2D eigenvalue weighted by Gasteiger charge is -2.11. The fourth-order valence-electron chi connectivity index (χ4n) is 1.10. The highest BCUT2D eigenvalue weighted by molar-refractivity contribution is 6.43. The summed E-state index contributed by atoms with van der Waals surface area (Å²) in [5.41, 5.74) is 0.365. The molecular weight excluding hydrogens is 279 g/mol. The van der Waals surface area contributed by atoms with Crippen molar-refractivity contribution in [2.45, 2.75) is 6.92 Å². The number of hydrogen-bond acceptors (Lipinski definition) is 2. The van der Waals surface area contributed by atoms with Gasteiger partial charge in [-0.15, -0.1) is 0 Å². The van der Waals surface area contributed by atoms with Crippen molar-refractivity contribution in [1.29, 1.82) is 0 Å². The molecule has 1 aromatic carbocycles. The van der Waals surface area contributed by atoms with Crippen LogP contribution in [-0.4, -0.2) is 23.7 Å². The van der Waals surface area contributed by atoms with Gasteiger partial charge in [-0.25, -0.2) is 4.79 Å². The minimum Gasteiger partial charge on any atom is -0.481 e. The lowest BCUT2D eigenvalue weighted by atomic mass is 10.2. The van der Waals surface area contributed by atoms with Crippen molar-refractivity contribution in [2.24, 2.45) is 5.92 Å². The van der Waals surface area contributed by atoms with E-state index < -0.39 is 17.9 Å². The third-order valence-corrected chi connectivity index (χ3v) is 3.01. The highest BCUT2D eigenvalue weighted by Crippen LogP contribution is 2.29. The van der Waals surface area contributed by atoms with Gasteiger partial charge in [0.25, 0.3) is 0 Å². The quantitative estimate of drug-likeness (QED) is 0.798. The van der Waals surface area contributed by atoms with E-state index in [-0.39, 0.29) is 11.6 Å². The van der Waals surface area contributed by atoms with Gasteiger partial charge < -0.3 is 15.7 Å². The predicted molar refractivity (Wildman–Crippen MR) is 70.3 cm³/mol. The van der Waals surface area contributed by atoms with Crippen LogP contribution in [-0.2, 0) is 4.79 Å². The average Bonchev–Trinajstić information content (AvgIpc) is 2.32. The van der Waals surface area contributed by atoms with Crippen LogP contribution in [0.5, 0.6) is 0 Å². The van der Waals surface area contributed by atoms with E-state index in [1.807, 2.05) is 0 Å². The number of carbonyl (C=O) groups excluding carboxylic acids is 1. The highest BCUT2D eigenvalue weighted by Gasteiger charge is 2.13. The van der Waals surface area contributed by atoms with Crippen molar-refractivity contribution < 1.29 is 14.7 Å². The smallest absolute Gasteiger partial charge is 0.319 e. The molecule has 0 bridgehead atoms. The summed E-state index contributed by atoms with van der Waals surface area (Å²) in [7, 11) is 0. The van der Waals surface area contributed by atoms with Crippen LogP contribution in [0, 0.1) is 5.92 Å². The fourth-order valence-corrected chi connectivity index (χ4v) is 1.45. The van der Waals surface area contributed by atoms with Crippen LogP contribution < -0.4 is 10.6 Å². The monoisotopic (exact) mass is 290 g/mol. The molecule has 5 nitrogen and oxygen atoms in total. The number of amides is 2. The summed E-state index contributed by atoms with van der Waals surface area (Å²) in [5.74, 6) is -1.64. The van der Waals surface area contributed by atoms with Crippen LogP contribution in [0.4, 0.5) is 10.5 Å². The lowest BCUT2D eigenvalue weighted by Crippen LogP contribution is -2.34. The number of benzene rings is 1. The molecule has 1 atom stereocenters. The lowest BCUT2D eigenvalue weighted by molar-refractivity contribution is -0.140. The molecule has 0 saturated carbocycles. The SMILES string of the molecule is CC(CNC(=O)Nc1cccc(Cl)c1Cl)C(=O)O. The Balaban J connectivity index is 2.55. The number of rotatable bonds is 4. The van der Waals surface area contributed by atoms with Gasteiger partial charge in [0, 0.05) is 6.54 Å². The summed E-state index contributed by atoms with van der Waals surface area (Å²) in [4.78, 5) is 22.0. The van der Waals surface area contributed by atoms with E-state index in [2.05, 4.69) is 10.6 Å². The number of urea groups is 1. The number of carbonyl (C=O) groups is 2. The summed E-state index contributed by atoms with van der Waals surface area (Å²) < 4.78 is 0. The normalized spacial score (nSPS) is 11.7. The summed E-state index contributed by atoms with van der Waals surface area (Å²) in [6.07, 6.45) is 0. The van der Waals surface area contributed by atoms with Crippen molar-refractivity contribution in [1.82, 2.24) is 5.32 Å². The Morgan fingerprint density at radius 3 is 2.67 bits per heavy atom. The minimum atomic E-state index is -0.976. The number of aliphatic carboxylic acids is 1. The molecule has 0 aromatic heterocycles. The van der Waals surface area contributed by atoms with Crippen molar-refractivity contribution in [3.8, 4) is 0 Å². The molecule has 1 unspecified atom stereocenters. The first kappa shape index (κ1) is 14.6. The maximum atomic E-state index is 11.5.